The van der Waals surface area contributed by atoms with Crippen molar-refractivity contribution in [2.45, 2.75) is 94.9 Å². The summed E-state index contributed by atoms with van der Waals surface area (Å²) in [5.41, 5.74) is 5.75. The normalized spacial score (nSPS) is 20.9. The van der Waals surface area contributed by atoms with Crippen molar-refractivity contribution in [2.75, 3.05) is 49.6 Å². The number of piperidine rings is 1. The number of carboxylic acid groups (broad SMARTS) is 1. The minimum Gasteiger partial charge on any atom is -0.481 e. The summed E-state index contributed by atoms with van der Waals surface area (Å²) in [6.07, 6.45) is 12.8. The minimum absolute atomic E-state index is 0.155. The van der Waals surface area contributed by atoms with Gasteiger partial charge in [0.2, 0.25) is 0 Å². The Morgan fingerprint density at radius 2 is 1.65 bits per heavy atom. The molecule has 1 unspecified atom stereocenters. The molecule has 0 bridgehead atoms. The van der Waals surface area contributed by atoms with Gasteiger partial charge in [0.25, 0.3) is 0 Å². The molecule has 0 spiro atoms. The number of fused-ring (bicyclic) bond motifs is 3. The molecule has 0 saturated carbocycles. The van der Waals surface area contributed by atoms with Crippen molar-refractivity contribution in [2.24, 2.45) is 0 Å². The van der Waals surface area contributed by atoms with E-state index in [2.05, 4.69) is 39.9 Å². The summed E-state index contributed by atoms with van der Waals surface area (Å²) in [6.45, 7) is 5.75. The summed E-state index contributed by atoms with van der Waals surface area (Å²) in [6, 6.07) is 14.8. The van der Waals surface area contributed by atoms with Crippen molar-refractivity contribution in [1.82, 2.24) is 4.90 Å². The number of likely N-dealkylation sites (N-methyl/N-ethyl adjacent to an activating group) is 1. The van der Waals surface area contributed by atoms with E-state index in [4.69, 9.17) is 5.11 Å². The van der Waals surface area contributed by atoms with Gasteiger partial charge in [-0.1, -0.05) is 62.8 Å². The number of likely N-dealkylation sites (tertiary alicyclic amines) is 1. The Morgan fingerprint density at radius 3 is 2.42 bits per heavy atom. The maximum atomic E-state index is 13.6. The van der Waals surface area contributed by atoms with E-state index in [1.54, 1.807) is 17.7 Å². The molecular formula is C34H48FN3O2. The number of rotatable bonds is 15. The van der Waals surface area contributed by atoms with E-state index in [9.17, 15) is 9.18 Å². The quantitative estimate of drug-likeness (QED) is 0.234. The fourth-order valence-corrected chi connectivity index (χ4v) is 7.50. The van der Waals surface area contributed by atoms with Gasteiger partial charge in [-0.2, -0.15) is 0 Å². The van der Waals surface area contributed by atoms with Crippen molar-refractivity contribution in [3.8, 4) is 0 Å². The van der Waals surface area contributed by atoms with E-state index in [0.29, 0.717) is 24.3 Å². The van der Waals surface area contributed by atoms with Gasteiger partial charge in [-0.3, -0.25) is 4.79 Å². The number of aliphatic carboxylic acids is 1. The lowest BCUT2D eigenvalue weighted by Crippen LogP contribution is -2.49. The highest BCUT2D eigenvalue weighted by molar-refractivity contribution is 5.80. The van der Waals surface area contributed by atoms with E-state index in [-0.39, 0.29) is 5.82 Å². The number of halogens is 1. The van der Waals surface area contributed by atoms with Crippen molar-refractivity contribution in [3.63, 3.8) is 0 Å². The van der Waals surface area contributed by atoms with E-state index >= 15 is 0 Å². The van der Waals surface area contributed by atoms with Gasteiger partial charge >= 0.3 is 5.97 Å². The molecule has 0 aliphatic carbocycles. The van der Waals surface area contributed by atoms with Gasteiger partial charge in [0.15, 0.2) is 0 Å². The van der Waals surface area contributed by atoms with E-state index in [0.717, 1.165) is 58.3 Å². The van der Waals surface area contributed by atoms with Gasteiger partial charge in [0, 0.05) is 51.6 Å². The molecule has 5 nitrogen and oxygen atoms in total. The van der Waals surface area contributed by atoms with Crippen LogP contribution < -0.4 is 9.80 Å². The monoisotopic (exact) mass is 549 g/mol. The zero-order valence-corrected chi connectivity index (χ0v) is 24.4. The van der Waals surface area contributed by atoms with Crippen LogP contribution in [0.4, 0.5) is 15.8 Å². The number of carbonyl (C=O) groups is 1. The largest absolute Gasteiger partial charge is 0.481 e. The second-order valence-corrected chi connectivity index (χ2v) is 12.4. The smallest absolute Gasteiger partial charge is 0.303 e. The van der Waals surface area contributed by atoms with Crippen LogP contribution in [0, 0.1) is 5.82 Å². The van der Waals surface area contributed by atoms with Gasteiger partial charge in [0.1, 0.15) is 5.82 Å². The molecule has 3 aliphatic heterocycles. The average Bonchev–Trinajstić information content (AvgIpc) is 3.27. The molecular weight excluding hydrogens is 501 g/mol. The summed E-state index contributed by atoms with van der Waals surface area (Å²) in [4.78, 5) is 18.5. The molecule has 1 saturated heterocycles. The molecule has 2 aromatic rings. The van der Waals surface area contributed by atoms with Crippen LogP contribution in [0.25, 0.3) is 0 Å². The Bertz CT molecular complexity index is 1110. The highest BCUT2D eigenvalue weighted by Gasteiger charge is 2.44. The number of anilines is 2. The van der Waals surface area contributed by atoms with E-state index in [1.807, 2.05) is 12.1 Å². The zero-order valence-electron chi connectivity index (χ0n) is 24.4. The Balaban J connectivity index is 1.09. The van der Waals surface area contributed by atoms with Crippen molar-refractivity contribution < 1.29 is 14.3 Å². The van der Waals surface area contributed by atoms with Crippen LogP contribution in [0.1, 0.15) is 100 Å². The topological polar surface area (TPSA) is 47.0 Å². The highest BCUT2D eigenvalue weighted by Crippen LogP contribution is 2.50. The van der Waals surface area contributed by atoms with Crippen molar-refractivity contribution in [3.05, 3.63) is 59.4 Å². The van der Waals surface area contributed by atoms with Gasteiger partial charge in [-0.15, -0.1) is 0 Å². The summed E-state index contributed by atoms with van der Waals surface area (Å²) in [7, 11) is 2.23. The summed E-state index contributed by atoms with van der Waals surface area (Å²) < 4.78 is 13.6. The van der Waals surface area contributed by atoms with E-state index in [1.165, 1.54) is 62.0 Å². The number of para-hydroxylation sites is 1. The van der Waals surface area contributed by atoms with Crippen LogP contribution in [0.15, 0.2) is 42.5 Å². The standard InChI is InChI=1S/C34H48FN3O2/c1-36-23-24-38-31-20-22-37(25-30(31)29-13-9-14-32(36)34(29)38)21-10-12-26(27-16-18-28(35)19-17-27)11-7-5-3-2-4-6-8-15-33(39)40/h9,13-14,16-19,26,30-31H,2-8,10-12,15,20-25H2,1H3,(H,39,40)/t26?,30-,31-/m0/s1. The first-order valence-electron chi connectivity index (χ1n) is 15.8. The highest BCUT2D eigenvalue weighted by atomic mass is 19.1. The third-order valence-corrected chi connectivity index (χ3v) is 9.69. The molecule has 1 N–H and O–H groups in total. The third-order valence-electron chi connectivity index (χ3n) is 9.69. The molecule has 3 aliphatic rings. The van der Waals surface area contributed by atoms with Gasteiger partial charge in [-0.25, -0.2) is 4.39 Å². The average molecular weight is 550 g/mol. The molecule has 0 amide bonds. The predicted octanol–water partition coefficient (Wildman–Crippen LogP) is 7.41. The third kappa shape index (κ3) is 6.99. The molecule has 40 heavy (non-hydrogen) atoms. The predicted molar refractivity (Wildman–Crippen MR) is 162 cm³/mol. The zero-order chi connectivity index (χ0) is 27.9. The first-order chi connectivity index (χ1) is 19.5. The van der Waals surface area contributed by atoms with Crippen LogP contribution in [-0.2, 0) is 4.79 Å². The molecule has 0 aromatic heterocycles. The fraction of sp³-hybridized carbons (Fsp3) is 0.618. The Labute approximate surface area is 240 Å². The number of hydrogen-bond donors (Lipinski definition) is 1. The van der Waals surface area contributed by atoms with Crippen LogP contribution in [-0.4, -0.2) is 61.8 Å². The first-order valence-corrected chi connectivity index (χ1v) is 15.8. The van der Waals surface area contributed by atoms with Gasteiger partial charge < -0.3 is 19.8 Å². The second kappa shape index (κ2) is 13.8. The lowest BCUT2D eigenvalue weighted by molar-refractivity contribution is -0.137. The lowest BCUT2D eigenvalue weighted by Gasteiger charge is -2.41. The number of carboxylic acids is 1. The Morgan fingerprint density at radius 1 is 0.925 bits per heavy atom. The summed E-state index contributed by atoms with van der Waals surface area (Å²) in [5, 5.41) is 8.77. The fourth-order valence-electron chi connectivity index (χ4n) is 7.50. The molecule has 218 valence electrons. The Kier molecular flexibility index (Phi) is 10.0. The second-order valence-electron chi connectivity index (χ2n) is 12.4. The van der Waals surface area contributed by atoms with Crippen LogP contribution in [0.5, 0.6) is 0 Å². The maximum Gasteiger partial charge on any atom is 0.303 e. The Hall–Kier alpha value is -2.60. The van der Waals surface area contributed by atoms with Crippen LogP contribution in [0.3, 0.4) is 0 Å². The first kappa shape index (κ1) is 28.9. The summed E-state index contributed by atoms with van der Waals surface area (Å²) in [5.74, 6) is 0.266. The lowest BCUT2D eigenvalue weighted by atomic mass is 9.87. The van der Waals surface area contributed by atoms with Gasteiger partial charge in [-0.05, 0) is 73.9 Å². The molecule has 3 atom stereocenters. The molecule has 5 rings (SSSR count). The van der Waals surface area contributed by atoms with E-state index < -0.39 is 5.97 Å². The number of benzene rings is 2. The van der Waals surface area contributed by atoms with Crippen molar-refractivity contribution >= 4 is 17.3 Å². The summed E-state index contributed by atoms with van der Waals surface area (Å²) >= 11 is 0. The molecule has 6 heteroatoms. The molecule has 1 fully saturated rings. The molecule has 0 radical (unpaired) electrons. The molecule has 3 heterocycles. The van der Waals surface area contributed by atoms with Crippen LogP contribution in [0.2, 0.25) is 0 Å². The SMILES string of the molecule is CN1CCN2c3c(cccc31)[C@@H]1CN(CCCC(CCCCCCCCCC(=O)O)c3ccc(F)cc3)CC[C@@H]12. The molecule has 2 aromatic carbocycles. The number of unbranched alkanes of at least 4 members (excludes halogenated alkanes) is 6. The van der Waals surface area contributed by atoms with Gasteiger partial charge in [0.05, 0.1) is 11.4 Å². The van der Waals surface area contributed by atoms with Crippen molar-refractivity contribution in [1.29, 1.82) is 0 Å². The maximum absolute atomic E-state index is 13.6. The van der Waals surface area contributed by atoms with Crippen LogP contribution >= 0.6 is 0 Å². The number of hydrogen-bond acceptors (Lipinski definition) is 4. The number of nitrogens with zero attached hydrogens (tertiary/aromatic N) is 3. The minimum atomic E-state index is -0.686.